The van der Waals surface area contributed by atoms with Crippen molar-refractivity contribution in [2.75, 3.05) is 5.32 Å². The standard InChI is InChI=1S/C15H15F3N2/c16-15(17,18)12-5-6-13(11(7-12)8-19)20-14(9-1-2-9)10-3-4-10/h5-7,9-10,14,20H,1-4H2. The van der Waals surface area contributed by atoms with Crippen LogP contribution in [0.5, 0.6) is 0 Å². The summed E-state index contributed by atoms with van der Waals surface area (Å²) < 4.78 is 37.9. The number of nitriles is 1. The van der Waals surface area contributed by atoms with E-state index in [0.29, 0.717) is 23.6 Å². The van der Waals surface area contributed by atoms with E-state index < -0.39 is 11.7 Å². The van der Waals surface area contributed by atoms with Crippen LogP contribution in [0, 0.1) is 23.2 Å². The van der Waals surface area contributed by atoms with Crippen molar-refractivity contribution in [3.05, 3.63) is 29.3 Å². The number of nitrogens with zero attached hydrogens (tertiary/aromatic N) is 1. The Morgan fingerprint density at radius 1 is 1.15 bits per heavy atom. The van der Waals surface area contributed by atoms with Crippen LogP contribution in [0.2, 0.25) is 0 Å². The zero-order valence-corrected chi connectivity index (χ0v) is 10.9. The van der Waals surface area contributed by atoms with Crippen molar-refractivity contribution in [1.29, 1.82) is 5.26 Å². The molecule has 0 aliphatic heterocycles. The van der Waals surface area contributed by atoms with Gasteiger partial charge in [-0.3, -0.25) is 0 Å². The Morgan fingerprint density at radius 2 is 1.75 bits per heavy atom. The molecular weight excluding hydrogens is 265 g/mol. The molecule has 20 heavy (non-hydrogen) atoms. The smallest absolute Gasteiger partial charge is 0.381 e. The second-order valence-electron chi connectivity index (χ2n) is 5.71. The molecule has 0 radical (unpaired) electrons. The Balaban J connectivity index is 1.83. The average Bonchev–Trinajstić information content (AvgIpc) is 3.27. The maximum atomic E-state index is 12.6. The number of hydrogen-bond acceptors (Lipinski definition) is 2. The van der Waals surface area contributed by atoms with Gasteiger partial charge in [0.1, 0.15) is 6.07 Å². The molecule has 1 aromatic carbocycles. The van der Waals surface area contributed by atoms with Crippen molar-refractivity contribution in [3.63, 3.8) is 0 Å². The predicted molar refractivity (Wildman–Crippen MR) is 69.0 cm³/mol. The Morgan fingerprint density at radius 3 is 2.20 bits per heavy atom. The van der Waals surface area contributed by atoms with Crippen LogP contribution in [0.15, 0.2) is 18.2 Å². The van der Waals surface area contributed by atoms with E-state index in [1.54, 1.807) is 0 Å². The molecule has 2 nitrogen and oxygen atoms in total. The lowest BCUT2D eigenvalue weighted by Gasteiger charge is -2.20. The molecule has 0 unspecified atom stereocenters. The van der Waals surface area contributed by atoms with Gasteiger partial charge in [-0.1, -0.05) is 0 Å². The largest absolute Gasteiger partial charge is 0.416 e. The molecule has 3 rings (SSSR count). The first-order valence-corrected chi connectivity index (χ1v) is 6.87. The van der Waals surface area contributed by atoms with Crippen LogP contribution < -0.4 is 5.32 Å². The lowest BCUT2D eigenvalue weighted by Crippen LogP contribution is -2.24. The number of benzene rings is 1. The van der Waals surface area contributed by atoms with Crippen molar-refractivity contribution in [2.45, 2.75) is 37.9 Å². The van der Waals surface area contributed by atoms with Gasteiger partial charge in [0.2, 0.25) is 0 Å². The minimum atomic E-state index is -4.41. The van der Waals surface area contributed by atoms with E-state index in [1.807, 2.05) is 6.07 Å². The summed E-state index contributed by atoms with van der Waals surface area (Å²) in [6.45, 7) is 0. The van der Waals surface area contributed by atoms with Crippen molar-refractivity contribution < 1.29 is 13.2 Å². The van der Waals surface area contributed by atoms with E-state index in [4.69, 9.17) is 5.26 Å². The van der Waals surface area contributed by atoms with Crippen LogP contribution >= 0.6 is 0 Å². The molecule has 2 aliphatic carbocycles. The predicted octanol–water partition coefficient (Wildman–Crippen LogP) is 4.18. The third-order valence-corrected chi connectivity index (χ3v) is 4.05. The van der Waals surface area contributed by atoms with Crippen LogP contribution in [0.25, 0.3) is 0 Å². The highest BCUT2D eigenvalue weighted by Crippen LogP contribution is 2.46. The number of hydrogen-bond donors (Lipinski definition) is 1. The molecule has 0 saturated heterocycles. The molecule has 2 saturated carbocycles. The van der Waals surface area contributed by atoms with Crippen molar-refractivity contribution in [1.82, 2.24) is 0 Å². The minimum absolute atomic E-state index is 0.0751. The second-order valence-corrected chi connectivity index (χ2v) is 5.71. The molecule has 1 N–H and O–H groups in total. The molecular formula is C15H15F3N2. The highest BCUT2D eigenvalue weighted by molar-refractivity contribution is 5.59. The lowest BCUT2D eigenvalue weighted by atomic mass is 10.0. The van der Waals surface area contributed by atoms with Crippen molar-refractivity contribution >= 4 is 5.69 Å². The monoisotopic (exact) mass is 280 g/mol. The summed E-state index contributed by atoms with van der Waals surface area (Å²) in [5.41, 5.74) is -0.163. The van der Waals surface area contributed by atoms with E-state index in [2.05, 4.69) is 5.32 Å². The van der Waals surface area contributed by atoms with Gasteiger partial charge in [0, 0.05) is 6.04 Å². The van der Waals surface area contributed by atoms with Gasteiger partial charge in [-0.15, -0.1) is 0 Å². The summed E-state index contributed by atoms with van der Waals surface area (Å²) in [5, 5.41) is 12.4. The van der Waals surface area contributed by atoms with Gasteiger partial charge in [0.05, 0.1) is 16.8 Å². The fourth-order valence-electron chi connectivity index (χ4n) is 2.65. The van der Waals surface area contributed by atoms with Gasteiger partial charge >= 0.3 is 6.18 Å². The number of anilines is 1. The van der Waals surface area contributed by atoms with E-state index in [0.717, 1.165) is 12.1 Å². The van der Waals surface area contributed by atoms with Gasteiger partial charge in [-0.2, -0.15) is 18.4 Å². The third-order valence-electron chi connectivity index (χ3n) is 4.05. The molecule has 106 valence electrons. The van der Waals surface area contributed by atoms with Gasteiger partial charge in [-0.05, 0) is 55.7 Å². The quantitative estimate of drug-likeness (QED) is 0.898. The summed E-state index contributed by atoms with van der Waals surface area (Å²) >= 11 is 0. The summed E-state index contributed by atoms with van der Waals surface area (Å²) in [6, 6.07) is 5.55. The van der Waals surface area contributed by atoms with E-state index in [-0.39, 0.29) is 5.56 Å². The molecule has 0 bridgehead atoms. The first kappa shape index (κ1) is 13.3. The molecule has 0 atom stereocenters. The first-order valence-electron chi connectivity index (χ1n) is 6.87. The Bertz CT molecular complexity index is 539. The van der Waals surface area contributed by atoms with Crippen LogP contribution in [-0.4, -0.2) is 6.04 Å². The molecule has 1 aromatic rings. The minimum Gasteiger partial charge on any atom is -0.381 e. The van der Waals surface area contributed by atoms with Gasteiger partial charge in [0.15, 0.2) is 0 Å². The maximum absolute atomic E-state index is 12.6. The van der Waals surface area contributed by atoms with Crippen molar-refractivity contribution in [3.8, 4) is 6.07 Å². The number of rotatable bonds is 4. The van der Waals surface area contributed by atoms with Crippen molar-refractivity contribution in [2.24, 2.45) is 11.8 Å². The van der Waals surface area contributed by atoms with Crippen LogP contribution in [0.4, 0.5) is 18.9 Å². The molecule has 0 amide bonds. The van der Waals surface area contributed by atoms with Crippen LogP contribution in [-0.2, 0) is 6.18 Å². The fourth-order valence-corrected chi connectivity index (χ4v) is 2.65. The molecule has 0 heterocycles. The number of alkyl halides is 3. The Kier molecular flexibility index (Phi) is 3.12. The highest BCUT2D eigenvalue weighted by Gasteiger charge is 2.41. The Labute approximate surface area is 115 Å². The topological polar surface area (TPSA) is 35.8 Å². The van der Waals surface area contributed by atoms with Crippen LogP contribution in [0.3, 0.4) is 0 Å². The lowest BCUT2D eigenvalue weighted by molar-refractivity contribution is -0.137. The fraction of sp³-hybridized carbons (Fsp3) is 0.533. The summed E-state index contributed by atoms with van der Waals surface area (Å²) in [7, 11) is 0. The average molecular weight is 280 g/mol. The summed E-state index contributed by atoms with van der Waals surface area (Å²) in [5.74, 6) is 1.24. The molecule has 2 aliphatic rings. The molecule has 5 heteroatoms. The third kappa shape index (κ3) is 2.74. The molecule has 0 spiro atoms. The van der Waals surface area contributed by atoms with Gasteiger partial charge < -0.3 is 5.32 Å². The molecule has 0 aromatic heterocycles. The number of nitrogens with one attached hydrogen (secondary N) is 1. The first-order chi connectivity index (χ1) is 9.49. The van der Waals surface area contributed by atoms with Gasteiger partial charge in [-0.25, -0.2) is 0 Å². The zero-order valence-electron chi connectivity index (χ0n) is 10.9. The molecule has 2 fully saturated rings. The normalized spacial score (nSPS) is 18.9. The SMILES string of the molecule is N#Cc1cc(C(F)(F)F)ccc1NC(C1CC1)C1CC1. The maximum Gasteiger partial charge on any atom is 0.416 e. The highest BCUT2D eigenvalue weighted by atomic mass is 19.4. The van der Waals surface area contributed by atoms with E-state index in [1.165, 1.54) is 31.7 Å². The Hall–Kier alpha value is -1.70. The van der Waals surface area contributed by atoms with Gasteiger partial charge in [0.25, 0.3) is 0 Å². The van der Waals surface area contributed by atoms with E-state index in [9.17, 15) is 13.2 Å². The summed E-state index contributed by atoms with van der Waals surface area (Å²) in [4.78, 5) is 0. The van der Waals surface area contributed by atoms with E-state index >= 15 is 0 Å². The van der Waals surface area contributed by atoms with Crippen LogP contribution in [0.1, 0.15) is 36.8 Å². The second kappa shape index (κ2) is 4.69. The number of halogens is 3. The summed E-state index contributed by atoms with van der Waals surface area (Å²) in [6.07, 6.45) is 0.303. The zero-order chi connectivity index (χ0) is 14.3.